The van der Waals surface area contributed by atoms with Crippen molar-refractivity contribution < 1.29 is 9.18 Å². The van der Waals surface area contributed by atoms with Gasteiger partial charge in [0.05, 0.1) is 6.57 Å². The van der Waals surface area contributed by atoms with E-state index in [4.69, 9.17) is 6.57 Å². The summed E-state index contributed by atoms with van der Waals surface area (Å²) in [6.07, 6.45) is 4.69. The number of carbonyl (C=O) groups excluding carboxylic acids is 1. The molecule has 3 nitrogen and oxygen atoms in total. The van der Waals surface area contributed by atoms with E-state index < -0.39 is 5.82 Å². The number of hydrogen-bond acceptors (Lipinski definition) is 1. The zero-order valence-electron chi connectivity index (χ0n) is 10.7. The van der Waals surface area contributed by atoms with Crippen LogP contribution in [0.4, 0.5) is 10.1 Å². The lowest BCUT2D eigenvalue weighted by Gasteiger charge is -2.23. The molecule has 1 saturated carbocycles. The maximum absolute atomic E-state index is 13.8. The van der Waals surface area contributed by atoms with Gasteiger partial charge < -0.3 is 4.57 Å². The fourth-order valence-electron chi connectivity index (χ4n) is 2.81. The smallest absolute Gasteiger partial charge is 0.222 e. The topological polar surface area (TPSA) is 26.4 Å². The van der Waals surface area contributed by atoms with Crippen LogP contribution >= 0.6 is 15.9 Å². The number of rotatable bonds is 1. The number of Topliss-reactive ketones (excluding diaryl/α,β-unsaturated/α-hetero) is 1. The Bertz CT molecular complexity index is 734. The molecule has 102 valence electrons. The van der Waals surface area contributed by atoms with Crippen LogP contribution in [0.3, 0.4) is 0 Å². The molecule has 5 heteroatoms. The highest BCUT2D eigenvalue weighted by atomic mass is 79.9. The first-order chi connectivity index (χ1) is 9.60. The van der Waals surface area contributed by atoms with Crippen LogP contribution in [0, 0.1) is 12.4 Å². The Labute approximate surface area is 124 Å². The number of fused-ring (bicyclic) bond motifs is 1. The van der Waals surface area contributed by atoms with Crippen LogP contribution in [0.1, 0.15) is 31.7 Å². The summed E-state index contributed by atoms with van der Waals surface area (Å²) in [7, 11) is 0. The Morgan fingerprint density at radius 2 is 2.05 bits per heavy atom. The second-order valence-electron chi connectivity index (χ2n) is 5.09. The molecule has 20 heavy (non-hydrogen) atoms. The van der Waals surface area contributed by atoms with Gasteiger partial charge in [0, 0.05) is 40.5 Å². The molecule has 0 aliphatic heterocycles. The van der Waals surface area contributed by atoms with Crippen molar-refractivity contribution in [1.29, 1.82) is 0 Å². The van der Waals surface area contributed by atoms with Gasteiger partial charge >= 0.3 is 0 Å². The number of carbonyl (C=O) groups is 1. The van der Waals surface area contributed by atoms with Gasteiger partial charge in [-0.25, -0.2) is 9.24 Å². The molecule has 1 aliphatic rings. The van der Waals surface area contributed by atoms with E-state index >= 15 is 0 Å². The summed E-state index contributed by atoms with van der Waals surface area (Å²) in [5.74, 6) is -0.190. The average Bonchev–Trinajstić information content (AvgIpc) is 2.75. The fraction of sp³-hybridized carbons (Fsp3) is 0.333. The Morgan fingerprint density at radius 1 is 1.35 bits per heavy atom. The Morgan fingerprint density at radius 3 is 2.70 bits per heavy atom. The molecule has 0 atom stereocenters. The number of hydrogen-bond donors (Lipinski definition) is 0. The first-order valence-corrected chi connectivity index (χ1v) is 7.28. The van der Waals surface area contributed by atoms with E-state index in [1.807, 2.05) is 10.8 Å². The average molecular weight is 335 g/mol. The van der Waals surface area contributed by atoms with Crippen molar-refractivity contribution >= 4 is 38.3 Å². The van der Waals surface area contributed by atoms with Crippen molar-refractivity contribution in [2.24, 2.45) is 0 Å². The lowest BCUT2D eigenvalue weighted by atomic mass is 9.94. The van der Waals surface area contributed by atoms with Crippen LogP contribution < -0.4 is 0 Å². The molecule has 0 saturated heterocycles. The molecule has 3 rings (SSSR count). The lowest BCUT2D eigenvalue weighted by molar-refractivity contribution is -0.120. The standard InChI is InChI=1S/C15H12BrFN2O/c1-18-14-6-11-12(16)8-19(15(11)7-13(14)17)9-2-4-10(20)5-3-9/h6-9H,2-5H2. The molecule has 1 aromatic carbocycles. The zero-order valence-corrected chi connectivity index (χ0v) is 12.3. The van der Waals surface area contributed by atoms with Gasteiger partial charge in [-0.2, -0.15) is 0 Å². The van der Waals surface area contributed by atoms with E-state index in [2.05, 4.69) is 20.8 Å². The second kappa shape index (κ2) is 5.02. The van der Waals surface area contributed by atoms with E-state index in [0.29, 0.717) is 18.6 Å². The zero-order chi connectivity index (χ0) is 14.3. The van der Waals surface area contributed by atoms with Gasteiger partial charge in [0.1, 0.15) is 11.6 Å². The molecule has 1 aliphatic carbocycles. The van der Waals surface area contributed by atoms with Crippen molar-refractivity contribution in [2.75, 3.05) is 0 Å². The highest BCUT2D eigenvalue weighted by molar-refractivity contribution is 9.10. The molecule has 1 heterocycles. The van der Waals surface area contributed by atoms with Gasteiger partial charge in [-0.3, -0.25) is 4.79 Å². The third-order valence-corrected chi connectivity index (χ3v) is 4.51. The molecule has 0 unspecified atom stereocenters. The minimum Gasteiger partial charge on any atom is -0.343 e. The SMILES string of the molecule is [C-]#[N+]c1cc2c(Br)cn(C3CCC(=O)CC3)c2cc1F. The van der Waals surface area contributed by atoms with Gasteiger partial charge in [0.15, 0.2) is 0 Å². The van der Waals surface area contributed by atoms with Gasteiger partial charge in [-0.1, -0.05) is 0 Å². The first kappa shape index (κ1) is 13.3. The lowest BCUT2D eigenvalue weighted by Crippen LogP contribution is -2.17. The van der Waals surface area contributed by atoms with Crippen LogP contribution in [0.25, 0.3) is 15.7 Å². The number of nitrogens with zero attached hydrogens (tertiary/aromatic N) is 2. The maximum Gasteiger partial charge on any atom is 0.222 e. The fourth-order valence-corrected chi connectivity index (χ4v) is 3.35. The number of halogens is 2. The van der Waals surface area contributed by atoms with Crippen molar-refractivity contribution in [3.05, 3.63) is 40.0 Å². The summed E-state index contributed by atoms with van der Waals surface area (Å²) in [4.78, 5) is 14.5. The van der Waals surface area contributed by atoms with Crippen LogP contribution in [0.5, 0.6) is 0 Å². The van der Waals surface area contributed by atoms with Gasteiger partial charge in [0.2, 0.25) is 5.69 Å². The monoisotopic (exact) mass is 334 g/mol. The van der Waals surface area contributed by atoms with E-state index in [9.17, 15) is 9.18 Å². The Hall–Kier alpha value is -1.67. The number of ketones is 1. The largest absolute Gasteiger partial charge is 0.343 e. The van der Waals surface area contributed by atoms with Crippen molar-refractivity contribution in [2.45, 2.75) is 31.7 Å². The van der Waals surface area contributed by atoms with Crippen molar-refractivity contribution in [1.82, 2.24) is 4.57 Å². The summed E-state index contributed by atoms with van der Waals surface area (Å²) in [5, 5.41) is 0.842. The molecule has 0 amide bonds. The normalized spacial score (nSPS) is 16.6. The molecular formula is C15H12BrFN2O. The quantitative estimate of drug-likeness (QED) is 0.689. The minimum atomic E-state index is -0.494. The maximum atomic E-state index is 13.8. The molecule has 0 bridgehead atoms. The van der Waals surface area contributed by atoms with Crippen LogP contribution in [-0.2, 0) is 4.79 Å². The Kier molecular flexibility index (Phi) is 3.35. The summed E-state index contributed by atoms with van der Waals surface area (Å²) >= 11 is 3.47. The van der Waals surface area contributed by atoms with Gasteiger partial charge in [-0.05, 0) is 40.9 Å². The molecular weight excluding hydrogens is 323 g/mol. The number of aromatic nitrogens is 1. The first-order valence-electron chi connectivity index (χ1n) is 6.49. The molecule has 0 N–H and O–H groups in total. The van der Waals surface area contributed by atoms with Crippen molar-refractivity contribution in [3.63, 3.8) is 0 Å². The molecule has 0 spiro atoms. The molecule has 2 aromatic rings. The van der Waals surface area contributed by atoms with E-state index in [0.717, 1.165) is 28.2 Å². The summed E-state index contributed by atoms with van der Waals surface area (Å²) < 4.78 is 16.7. The van der Waals surface area contributed by atoms with Crippen LogP contribution in [0.15, 0.2) is 22.8 Å². The van der Waals surface area contributed by atoms with Gasteiger partial charge in [-0.15, -0.1) is 0 Å². The van der Waals surface area contributed by atoms with Crippen LogP contribution in [0.2, 0.25) is 0 Å². The third-order valence-electron chi connectivity index (χ3n) is 3.88. The third kappa shape index (κ3) is 2.14. The summed E-state index contributed by atoms with van der Waals surface area (Å²) in [6, 6.07) is 3.22. The Balaban J connectivity index is 2.11. The minimum absolute atomic E-state index is 0.0368. The predicted molar refractivity (Wildman–Crippen MR) is 78.4 cm³/mol. The highest BCUT2D eigenvalue weighted by Crippen LogP contribution is 2.37. The highest BCUT2D eigenvalue weighted by Gasteiger charge is 2.22. The molecule has 1 aromatic heterocycles. The number of benzene rings is 1. The second-order valence-corrected chi connectivity index (χ2v) is 5.94. The predicted octanol–water partition coefficient (Wildman–Crippen LogP) is 4.78. The van der Waals surface area contributed by atoms with E-state index in [1.165, 1.54) is 6.07 Å². The van der Waals surface area contributed by atoms with Crippen molar-refractivity contribution in [3.8, 4) is 0 Å². The van der Waals surface area contributed by atoms with Crippen LogP contribution in [-0.4, -0.2) is 10.4 Å². The summed E-state index contributed by atoms with van der Waals surface area (Å²) in [6.45, 7) is 6.98. The molecule has 1 fully saturated rings. The van der Waals surface area contributed by atoms with E-state index in [-0.39, 0.29) is 11.7 Å². The molecule has 0 radical (unpaired) electrons. The van der Waals surface area contributed by atoms with E-state index in [1.54, 1.807) is 6.07 Å². The van der Waals surface area contributed by atoms with Gasteiger partial charge in [0.25, 0.3) is 0 Å². The summed E-state index contributed by atoms with van der Waals surface area (Å²) in [5.41, 5.74) is 0.816.